The number of aryl methyl sites for hydroxylation is 1. The largest absolute Gasteiger partial charge is 0.467 e. The van der Waals surface area contributed by atoms with Crippen LogP contribution in [0.15, 0.2) is 35.5 Å². The van der Waals surface area contributed by atoms with E-state index in [1.54, 1.807) is 18.2 Å². The topological polar surface area (TPSA) is 63.3 Å². The summed E-state index contributed by atoms with van der Waals surface area (Å²) in [5.74, 6) is 0.717. The molecule has 1 aliphatic carbocycles. The number of aromatic nitrogens is 2. The Bertz CT molecular complexity index is 733. The van der Waals surface area contributed by atoms with Gasteiger partial charge >= 0.3 is 0 Å². The minimum atomic E-state index is -0.0516. The van der Waals surface area contributed by atoms with Crippen LogP contribution in [0.5, 0.6) is 0 Å². The van der Waals surface area contributed by atoms with Gasteiger partial charge in [-0.25, -0.2) is 0 Å². The van der Waals surface area contributed by atoms with E-state index < -0.39 is 0 Å². The quantitative estimate of drug-likeness (QED) is 0.785. The molecule has 6 nitrogen and oxygen atoms in total. The van der Waals surface area contributed by atoms with Crippen molar-refractivity contribution in [3.63, 3.8) is 0 Å². The van der Waals surface area contributed by atoms with Gasteiger partial charge in [0.25, 0.3) is 5.91 Å². The Morgan fingerprint density at radius 2 is 2.44 bits per heavy atom. The SMILES string of the molecule is C=CCNC1CCc2c(c(C(=O)N(C)Cc3ccco3)nn2CC)C1. The van der Waals surface area contributed by atoms with Gasteiger partial charge in [-0.05, 0) is 38.3 Å². The minimum Gasteiger partial charge on any atom is -0.467 e. The molecule has 1 unspecified atom stereocenters. The van der Waals surface area contributed by atoms with Gasteiger partial charge in [-0.3, -0.25) is 9.48 Å². The lowest BCUT2D eigenvalue weighted by Crippen LogP contribution is -2.36. The van der Waals surface area contributed by atoms with Crippen molar-refractivity contribution in [2.75, 3.05) is 13.6 Å². The number of hydrogen-bond acceptors (Lipinski definition) is 4. The second kappa shape index (κ2) is 7.70. The molecule has 0 spiro atoms. The molecule has 1 amide bonds. The van der Waals surface area contributed by atoms with Crippen LogP contribution in [0.1, 0.15) is 40.9 Å². The number of furan rings is 1. The Morgan fingerprint density at radius 1 is 1.60 bits per heavy atom. The van der Waals surface area contributed by atoms with E-state index in [0.717, 1.165) is 43.7 Å². The number of carbonyl (C=O) groups excluding carboxylic acids is 1. The first-order valence-corrected chi connectivity index (χ1v) is 8.84. The fraction of sp³-hybridized carbons (Fsp3) is 0.474. The van der Waals surface area contributed by atoms with Gasteiger partial charge in [0.05, 0.1) is 12.8 Å². The third-order valence-electron chi connectivity index (χ3n) is 4.72. The lowest BCUT2D eigenvalue weighted by atomic mass is 9.91. The average Bonchev–Trinajstić information content (AvgIpc) is 3.26. The zero-order valence-electron chi connectivity index (χ0n) is 15.0. The molecule has 0 saturated heterocycles. The van der Waals surface area contributed by atoms with Crippen molar-refractivity contribution >= 4 is 5.91 Å². The third-order valence-corrected chi connectivity index (χ3v) is 4.72. The van der Waals surface area contributed by atoms with E-state index in [1.807, 2.05) is 22.9 Å². The molecule has 3 rings (SSSR count). The standard InChI is InChI=1S/C19H26N4O2/c1-4-10-20-14-8-9-17-16(12-14)18(21-23(17)5-2)19(24)22(3)13-15-7-6-11-25-15/h4,6-7,11,14,20H,1,5,8-10,12-13H2,2-3H3. The first kappa shape index (κ1) is 17.5. The molecule has 2 aromatic rings. The second-order valence-electron chi connectivity index (χ2n) is 6.47. The van der Waals surface area contributed by atoms with Crippen molar-refractivity contribution in [2.24, 2.45) is 0 Å². The van der Waals surface area contributed by atoms with Crippen LogP contribution in [0.3, 0.4) is 0 Å². The smallest absolute Gasteiger partial charge is 0.274 e. The number of rotatable bonds is 7. The fourth-order valence-corrected chi connectivity index (χ4v) is 3.43. The molecule has 6 heteroatoms. The van der Waals surface area contributed by atoms with Gasteiger partial charge in [0.1, 0.15) is 5.76 Å². The predicted molar refractivity (Wildman–Crippen MR) is 96.4 cm³/mol. The van der Waals surface area contributed by atoms with E-state index in [9.17, 15) is 4.79 Å². The summed E-state index contributed by atoms with van der Waals surface area (Å²) in [6.45, 7) is 7.83. The highest BCUT2D eigenvalue weighted by Crippen LogP contribution is 2.26. The maximum absolute atomic E-state index is 13.0. The zero-order valence-corrected chi connectivity index (χ0v) is 15.0. The number of carbonyl (C=O) groups is 1. The Hall–Kier alpha value is -2.34. The minimum absolute atomic E-state index is 0.0516. The Labute approximate surface area is 148 Å². The van der Waals surface area contributed by atoms with Gasteiger partial charge in [-0.15, -0.1) is 6.58 Å². The van der Waals surface area contributed by atoms with E-state index in [4.69, 9.17) is 4.42 Å². The highest BCUT2D eigenvalue weighted by molar-refractivity contribution is 5.94. The van der Waals surface area contributed by atoms with E-state index >= 15 is 0 Å². The molecule has 25 heavy (non-hydrogen) atoms. The molecule has 0 fully saturated rings. The van der Waals surface area contributed by atoms with Gasteiger partial charge in [0.2, 0.25) is 0 Å². The van der Waals surface area contributed by atoms with E-state index in [1.165, 1.54) is 5.69 Å². The molecule has 0 radical (unpaired) electrons. The summed E-state index contributed by atoms with van der Waals surface area (Å²) in [7, 11) is 1.79. The molecule has 2 aromatic heterocycles. The average molecular weight is 342 g/mol. The van der Waals surface area contributed by atoms with Crippen LogP contribution in [0.2, 0.25) is 0 Å². The molecule has 0 aliphatic heterocycles. The molecular weight excluding hydrogens is 316 g/mol. The summed E-state index contributed by atoms with van der Waals surface area (Å²) in [6, 6.07) is 4.07. The molecule has 134 valence electrons. The molecule has 1 N–H and O–H groups in total. The summed E-state index contributed by atoms with van der Waals surface area (Å²) >= 11 is 0. The molecule has 0 aromatic carbocycles. The normalized spacial score (nSPS) is 16.5. The van der Waals surface area contributed by atoms with Gasteiger partial charge in [-0.2, -0.15) is 5.10 Å². The Morgan fingerprint density at radius 3 is 3.12 bits per heavy atom. The number of nitrogens with one attached hydrogen (secondary N) is 1. The molecule has 1 aliphatic rings. The summed E-state index contributed by atoms with van der Waals surface area (Å²) < 4.78 is 7.33. The first-order valence-electron chi connectivity index (χ1n) is 8.84. The van der Waals surface area contributed by atoms with Crippen molar-refractivity contribution < 1.29 is 9.21 Å². The van der Waals surface area contributed by atoms with E-state index in [0.29, 0.717) is 18.3 Å². The third kappa shape index (κ3) is 3.69. The highest BCUT2D eigenvalue weighted by Gasteiger charge is 2.30. The Kier molecular flexibility index (Phi) is 5.38. The number of nitrogens with zero attached hydrogens (tertiary/aromatic N) is 3. The lowest BCUT2D eigenvalue weighted by Gasteiger charge is -2.24. The van der Waals surface area contributed by atoms with Crippen LogP contribution in [-0.2, 0) is 25.9 Å². The van der Waals surface area contributed by atoms with Gasteiger partial charge in [-0.1, -0.05) is 6.08 Å². The van der Waals surface area contributed by atoms with Gasteiger partial charge < -0.3 is 14.6 Å². The zero-order chi connectivity index (χ0) is 17.8. The lowest BCUT2D eigenvalue weighted by molar-refractivity contribution is 0.0767. The van der Waals surface area contributed by atoms with Crippen molar-refractivity contribution in [1.29, 1.82) is 0 Å². The van der Waals surface area contributed by atoms with Gasteiger partial charge in [0.15, 0.2) is 5.69 Å². The highest BCUT2D eigenvalue weighted by atomic mass is 16.3. The van der Waals surface area contributed by atoms with E-state index in [2.05, 4.69) is 23.9 Å². The molecule has 2 heterocycles. The van der Waals surface area contributed by atoms with Crippen LogP contribution in [-0.4, -0.2) is 40.2 Å². The maximum atomic E-state index is 13.0. The van der Waals surface area contributed by atoms with Crippen LogP contribution >= 0.6 is 0 Å². The van der Waals surface area contributed by atoms with Crippen LogP contribution in [0.4, 0.5) is 0 Å². The molecule has 0 saturated carbocycles. The summed E-state index contributed by atoms with van der Waals surface area (Å²) in [5.41, 5.74) is 2.87. The van der Waals surface area contributed by atoms with Crippen molar-refractivity contribution in [3.8, 4) is 0 Å². The van der Waals surface area contributed by atoms with Crippen LogP contribution in [0, 0.1) is 0 Å². The maximum Gasteiger partial charge on any atom is 0.274 e. The number of amides is 1. The van der Waals surface area contributed by atoms with Crippen molar-refractivity contribution in [1.82, 2.24) is 20.0 Å². The molecular formula is C19H26N4O2. The monoisotopic (exact) mass is 342 g/mol. The predicted octanol–water partition coefficient (Wildman–Crippen LogP) is 2.40. The molecule has 0 bridgehead atoms. The second-order valence-corrected chi connectivity index (χ2v) is 6.47. The molecule has 1 atom stereocenters. The summed E-state index contributed by atoms with van der Waals surface area (Å²) in [4.78, 5) is 14.6. The number of hydrogen-bond donors (Lipinski definition) is 1. The van der Waals surface area contributed by atoms with E-state index in [-0.39, 0.29) is 5.91 Å². The van der Waals surface area contributed by atoms with Crippen LogP contribution < -0.4 is 5.32 Å². The van der Waals surface area contributed by atoms with Crippen molar-refractivity contribution in [2.45, 2.75) is 45.3 Å². The summed E-state index contributed by atoms with van der Waals surface area (Å²) in [5, 5.41) is 8.10. The first-order chi connectivity index (χ1) is 12.1. The van der Waals surface area contributed by atoms with Gasteiger partial charge in [0, 0.05) is 37.4 Å². The van der Waals surface area contributed by atoms with Crippen LogP contribution in [0.25, 0.3) is 0 Å². The van der Waals surface area contributed by atoms with Crippen molar-refractivity contribution in [3.05, 3.63) is 53.8 Å². The fourth-order valence-electron chi connectivity index (χ4n) is 3.43. The summed E-state index contributed by atoms with van der Waals surface area (Å²) in [6.07, 6.45) is 6.33. The Balaban J connectivity index is 1.82. The number of fused-ring (bicyclic) bond motifs is 1.